The Morgan fingerprint density at radius 2 is 2.11 bits per heavy atom. The van der Waals surface area contributed by atoms with Crippen molar-refractivity contribution in [2.45, 2.75) is 6.42 Å². The molecule has 0 aliphatic rings. The van der Waals surface area contributed by atoms with Crippen LogP contribution in [0.4, 0.5) is 5.69 Å². The second kappa shape index (κ2) is 6.50. The molecule has 0 atom stereocenters. The van der Waals surface area contributed by atoms with Gasteiger partial charge >= 0.3 is 0 Å². The summed E-state index contributed by atoms with van der Waals surface area (Å²) in [7, 11) is 0. The lowest BCUT2D eigenvalue weighted by Crippen LogP contribution is -2.15. The maximum atomic E-state index is 6.10. The monoisotopic (exact) mass is 291 g/mol. The minimum absolute atomic E-state index is 0.297. The van der Waals surface area contributed by atoms with Gasteiger partial charge in [0.25, 0.3) is 0 Å². The SMILES string of the molecule is NC(=S)c1c(Cl)cccc1NCCc1ccccn1. The zero-order chi connectivity index (χ0) is 13.7. The molecule has 0 amide bonds. The van der Waals surface area contributed by atoms with Crippen LogP contribution in [0, 0.1) is 0 Å². The lowest BCUT2D eigenvalue weighted by atomic mass is 10.1. The largest absolute Gasteiger partial charge is 0.389 e. The van der Waals surface area contributed by atoms with Crippen LogP contribution in [-0.4, -0.2) is 16.5 Å². The van der Waals surface area contributed by atoms with Crippen molar-refractivity contribution in [2.75, 3.05) is 11.9 Å². The first-order valence-corrected chi connectivity index (χ1v) is 6.69. The van der Waals surface area contributed by atoms with Crippen molar-refractivity contribution in [3.8, 4) is 0 Å². The van der Waals surface area contributed by atoms with Gasteiger partial charge in [-0.05, 0) is 24.3 Å². The Morgan fingerprint density at radius 1 is 1.26 bits per heavy atom. The predicted octanol–water partition coefficient (Wildman–Crippen LogP) is 3.02. The van der Waals surface area contributed by atoms with E-state index in [0.29, 0.717) is 15.6 Å². The maximum absolute atomic E-state index is 6.10. The fraction of sp³-hybridized carbons (Fsp3) is 0.143. The number of halogens is 1. The Hall–Kier alpha value is -1.65. The fourth-order valence-corrected chi connectivity index (χ4v) is 2.35. The van der Waals surface area contributed by atoms with E-state index in [1.807, 2.05) is 30.3 Å². The molecule has 3 N–H and O–H groups in total. The fourth-order valence-electron chi connectivity index (χ4n) is 1.79. The van der Waals surface area contributed by atoms with Crippen molar-refractivity contribution in [1.82, 2.24) is 4.98 Å². The van der Waals surface area contributed by atoms with Crippen LogP contribution >= 0.6 is 23.8 Å². The molecule has 2 rings (SSSR count). The highest BCUT2D eigenvalue weighted by atomic mass is 35.5. The minimum Gasteiger partial charge on any atom is -0.389 e. The van der Waals surface area contributed by atoms with E-state index in [1.54, 1.807) is 12.3 Å². The Balaban J connectivity index is 2.04. The summed E-state index contributed by atoms with van der Waals surface area (Å²) >= 11 is 11.1. The second-order valence-electron chi connectivity index (χ2n) is 4.02. The van der Waals surface area contributed by atoms with E-state index >= 15 is 0 Å². The number of aromatic nitrogens is 1. The summed E-state index contributed by atoms with van der Waals surface area (Å²) in [6.07, 6.45) is 2.61. The zero-order valence-corrected chi connectivity index (χ0v) is 11.8. The lowest BCUT2D eigenvalue weighted by molar-refractivity contribution is 0.961. The van der Waals surface area contributed by atoms with Crippen LogP contribution < -0.4 is 11.1 Å². The highest BCUT2D eigenvalue weighted by Crippen LogP contribution is 2.24. The predicted molar refractivity (Wildman–Crippen MR) is 83.8 cm³/mol. The van der Waals surface area contributed by atoms with E-state index in [0.717, 1.165) is 24.3 Å². The summed E-state index contributed by atoms with van der Waals surface area (Å²) in [4.78, 5) is 4.57. The molecule has 0 radical (unpaired) electrons. The van der Waals surface area contributed by atoms with Crippen molar-refractivity contribution < 1.29 is 0 Å². The first kappa shape index (κ1) is 13.8. The van der Waals surface area contributed by atoms with Crippen molar-refractivity contribution in [3.05, 3.63) is 58.9 Å². The van der Waals surface area contributed by atoms with Gasteiger partial charge in [0.05, 0.1) is 10.6 Å². The van der Waals surface area contributed by atoms with Gasteiger partial charge in [-0.3, -0.25) is 4.98 Å². The topological polar surface area (TPSA) is 50.9 Å². The number of nitrogens with two attached hydrogens (primary N) is 1. The van der Waals surface area contributed by atoms with Crippen LogP contribution in [0.5, 0.6) is 0 Å². The van der Waals surface area contributed by atoms with Crippen molar-refractivity contribution in [2.24, 2.45) is 5.73 Å². The molecule has 19 heavy (non-hydrogen) atoms. The number of pyridine rings is 1. The van der Waals surface area contributed by atoms with Crippen LogP contribution in [0.1, 0.15) is 11.3 Å². The summed E-state index contributed by atoms with van der Waals surface area (Å²) < 4.78 is 0. The Morgan fingerprint density at radius 3 is 2.79 bits per heavy atom. The highest BCUT2D eigenvalue weighted by Gasteiger charge is 2.09. The molecule has 0 aliphatic carbocycles. The van der Waals surface area contributed by atoms with Crippen molar-refractivity contribution in [3.63, 3.8) is 0 Å². The molecule has 1 aromatic carbocycles. The third-order valence-electron chi connectivity index (χ3n) is 2.68. The van der Waals surface area contributed by atoms with Gasteiger partial charge in [-0.25, -0.2) is 0 Å². The molecule has 0 fully saturated rings. The first-order valence-electron chi connectivity index (χ1n) is 5.90. The Labute approximate surface area is 122 Å². The van der Waals surface area contributed by atoms with Gasteiger partial charge in [0.2, 0.25) is 0 Å². The normalized spacial score (nSPS) is 10.2. The van der Waals surface area contributed by atoms with Crippen LogP contribution in [0.3, 0.4) is 0 Å². The van der Waals surface area contributed by atoms with E-state index in [9.17, 15) is 0 Å². The van der Waals surface area contributed by atoms with E-state index in [4.69, 9.17) is 29.6 Å². The number of rotatable bonds is 5. The molecule has 0 saturated heterocycles. The summed E-state index contributed by atoms with van der Waals surface area (Å²) in [6.45, 7) is 0.743. The van der Waals surface area contributed by atoms with E-state index in [2.05, 4.69) is 10.3 Å². The maximum Gasteiger partial charge on any atom is 0.107 e. The number of hydrogen-bond acceptors (Lipinski definition) is 3. The van der Waals surface area contributed by atoms with Gasteiger partial charge in [-0.1, -0.05) is 36.0 Å². The molecule has 1 aromatic heterocycles. The van der Waals surface area contributed by atoms with Crippen LogP contribution in [0.25, 0.3) is 0 Å². The number of benzene rings is 1. The molecule has 0 aliphatic heterocycles. The number of anilines is 1. The minimum atomic E-state index is 0.297. The van der Waals surface area contributed by atoms with Crippen LogP contribution in [0.15, 0.2) is 42.6 Å². The molecule has 98 valence electrons. The molecular weight excluding hydrogens is 278 g/mol. The molecule has 0 saturated carbocycles. The second-order valence-corrected chi connectivity index (χ2v) is 4.87. The number of nitrogens with zero attached hydrogens (tertiary/aromatic N) is 1. The van der Waals surface area contributed by atoms with E-state index in [-0.39, 0.29) is 0 Å². The zero-order valence-electron chi connectivity index (χ0n) is 10.3. The number of thiocarbonyl (C=S) groups is 1. The Kier molecular flexibility index (Phi) is 4.71. The third-order valence-corrected chi connectivity index (χ3v) is 3.20. The summed E-state index contributed by atoms with van der Waals surface area (Å²) in [6, 6.07) is 11.4. The van der Waals surface area contributed by atoms with Crippen molar-refractivity contribution in [1.29, 1.82) is 0 Å². The van der Waals surface area contributed by atoms with Crippen LogP contribution in [-0.2, 0) is 6.42 Å². The average Bonchev–Trinajstić information content (AvgIpc) is 2.39. The van der Waals surface area contributed by atoms with Gasteiger partial charge in [-0.15, -0.1) is 0 Å². The number of nitrogens with one attached hydrogen (secondary N) is 1. The van der Waals surface area contributed by atoms with Gasteiger partial charge in [0.15, 0.2) is 0 Å². The highest BCUT2D eigenvalue weighted by molar-refractivity contribution is 7.80. The lowest BCUT2D eigenvalue weighted by Gasteiger charge is -2.12. The smallest absolute Gasteiger partial charge is 0.107 e. The third kappa shape index (κ3) is 3.66. The Bertz CT molecular complexity index is 572. The molecular formula is C14H14ClN3S. The van der Waals surface area contributed by atoms with Gasteiger partial charge in [-0.2, -0.15) is 0 Å². The van der Waals surface area contributed by atoms with E-state index in [1.165, 1.54) is 0 Å². The van der Waals surface area contributed by atoms with E-state index < -0.39 is 0 Å². The average molecular weight is 292 g/mol. The molecule has 2 aromatic rings. The first-order chi connectivity index (χ1) is 9.18. The molecule has 5 heteroatoms. The molecule has 1 heterocycles. The molecule has 0 spiro atoms. The summed E-state index contributed by atoms with van der Waals surface area (Å²) in [5.41, 5.74) is 8.28. The summed E-state index contributed by atoms with van der Waals surface area (Å²) in [5, 5.41) is 3.86. The quantitative estimate of drug-likeness (QED) is 0.832. The summed E-state index contributed by atoms with van der Waals surface area (Å²) in [5.74, 6) is 0. The molecule has 3 nitrogen and oxygen atoms in total. The van der Waals surface area contributed by atoms with Crippen LogP contribution in [0.2, 0.25) is 5.02 Å². The van der Waals surface area contributed by atoms with Gasteiger partial charge in [0, 0.05) is 30.5 Å². The number of hydrogen-bond donors (Lipinski definition) is 2. The van der Waals surface area contributed by atoms with Gasteiger partial charge < -0.3 is 11.1 Å². The standard InChI is InChI=1S/C14H14ClN3S/c15-11-5-3-6-12(13(11)14(16)19)18-9-7-10-4-1-2-8-17-10/h1-6,8,18H,7,9H2,(H2,16,19). The van der Waals surface area contributed by atoms with Gasteiger partial charge in [0.1, 0.15) is 4.99 Å². The molecule has 0 unspecified atom stereocenters. The van der Waals surface area contributed by atoms with Crippen molar-refractivity contribution >= 4 is 34.5 Å². The molecule has 0 bridgehead atoms.